The van der Waals surface area contributed by atoms with Crippen LogP contribution in [0.3, 0.4) is 0 Å². The first kappa shape index (κ1) is 20.9. The minimum Gasteiger partial charge on any atom is -0.441 e. The molecule has 3 aromatic rings. The number of carbonyl (C=O) groups is 2. The van der Waals surface area contributed by atoms with E-state index in [1.807, 2.05) is 47.4 Å². The fourth-order valence-corrected chi connectivity index (χ4v) is 3.63. The number of piperazine rings is 1. The molecule has 2 amide bonds. The lowest BCUT2D eigenvalue weighted by Gasteiger charge is -2.28. The van der Waals surface area contributed by atoms with Crippen LogP contribution in [0.15, 0.2) is 59.1 Å². The second-order valence-electron chi connectivity index (χ2n) is 7.31. The van der Waals surface area contributed by atoms with Gasteiger partial charge < -0.3 is 20.0 Å². The monoisotopic (exact) mass is 438 g/mol. The third-order valence-electron chi connectivity index (χ3n) is 5.09. The third kappa shape index (κ3) is 5.44. The number of aryl methyl sites for hydroxylation is 1. The van der Waals surface area contributed by atoms with Crippen molar-refractivity contribution < 1.29 is 14.0 Å². The molecule has 7 nitrogen and oxygen atoms in total. The van der Waals surface area contributed by atoms with Crippen molar-refractivity contribution in [2.45, 2.75) is 19.4 Å². The molecule has 1 aromatic heterocycles. The van der Waals surface area contributed by atoms with Crippen molar-refractivity contribution in [1.82, 2.24) is 15.6 Å². The maximum atomic E-state index is 12.2. The summed E-state index contributed by atoms with van der Waals surface area (Å²) in [5.74, 6) is 1.05. The number of amides is 2. The molecular formula is C23H23ClN4O3. The van der Waals surface area contributed by atoms with Gasteiger partial charge in [0.05, 0.1) is 17.8 Å². The summed E-state index contributed by atoms with van der Waals surface area (Å²) in [6.07, 6.45) is 2.32. The van der Waals surface area contributed by atoms with Gasteiger partial charge in [0.1, 0.15) is 0 Å². The molecule has 31 heavy (non-hydrogen) atoms. The summed E-state index contributed by atoms with van der Waals surface area (Å²) < 4.78 is 5.73. The van der Waals surface area contributed by atoms with E-state index in [1.54, 1.807) is 12.3 Å². The van der Waals surface area contributed by atoms with Crippen LogP contribution >= 0.6 is 11.6 Å². The normalized spacial score (nSPS) is 13.7. The summed E-state index contributed by atoms with van der Waals surface area (Å²) in [6, 6.07) is 15.3. The standard InChI is InChI=1S/C23H23ClN4O3/c24-19-4-2-1-3-18(19)20-14-27-23(31-20)10-9-21(29)26-13-16-5-7-17(8-6-16)28-12-11-25-22(30)15-28/h1-8,14H,9-13,15H2,(H,25,30)(H,26,29). The highest BCUT2D eigenvalue weighted by Gasteiger charge is 2.16. The van der Waals surface area contributed by atoms with Crippen LogP contribution in [0.4, 0.5) is 5.69 Å². The molecule has 0 saturated carbocycles. The van der Waals surface area contributed by atoms with Gasteiger partial charge in [0.2, 0.25) is 11.8 Å². The summed E-state index contributed by atoms with van der Waals surface area (Å²) in [6.45, 7) is 2.26. The smallest absolute Gasteiger partial charge is 0.239 e. The Hall–Kier alpha value is -3.32. The van der Waals surface area contributed by atoms with Gasteiger partial charge >= 0.3 is 0 Å². The van der Waals surface area contributed by atoms with Crippen molar-refractivity contribution in [2.24, 2.45) is 0 Å². The lowest BCUT2D eigenvalue weighted by molar-refractivity contribution is -0.121. The van der Waals surface area contributed by atoms with Crippen molar-refractivity contribution >= 4 is 29.1 Å². The van der Waals surface area contributed by atoms with Crippen LogP contribution in [-0.4, -0.2) is 36.4 Å². The Morgan fingerprint density at radius 1 is 1.19 bits per heavy atom. The molecule has 0 radical (unpaired) electrons. The molecule has 4 rings (SSSR count). The first-order valence-electron chi connectivity index (χ1n) is 10.2. The molecule has 0 aliphatic carbocycles. The number of oxazole rings is 1. The van der Waals surface area contributed by atoms with E-state index in [9.17, 15) is 9.59 Å². The maximum Gasteiger partial charge on any atom is 0.239 e. The van der Waals surface area contributed by atoms with Crippen molar-refractivity contribution in [3.63, 3.8) is 0 Å². The Kier molecular flexibility index (Phi) is 6.52. The fourth-order valence-electron chi connectivity index (χ4n) is 3.40. The van der Waals surface area contributed by atoms with Crippen LogP contribution < -0.4 is 15.5 Å². The van der Waals surface area contributed by atoms with Gasteiger partial charge in [-0.2, -0.15) is 0 Å². The molecule has 2 heterocycles. The first-order chi connectivity index (χ1) is 15.1. The highest BCUT2D eigenvalue weighted by atomic mass is 35.5. The predicted molar refractivity (Wildman–Crippen MR) is 119 cm³/mol. The number of nitrogens with zero attached hydrogens (tertiary/aromatic N) is 2. The highest BCUT2D eigenvalue weighted by molar-refractivity contribution is 6.33. The van der Waals surface area contributed by atoms with Crippen molar-refractivity contribution in [1.29, 1.82) is 0 Å². The maximum absolute atomic E-state index is 12.2. The lowest BCUT2D eigenvalue weighted by Crippen LogP contribution is -2.47. The molecule has 0 atom stereocenters. The summed E-state index contributed by atoms with van der Waals surface area (Å²) >= 11 is 6.18. The van der Waals surface area contributed by atoms with Gasteiger partial charge in [-0.05, 0) is 29.8 Å². The van der Waals surface area contributed by atoms with Crippen molar-refractivity contribution in [2.75, 3.05) is 24.5 Å². The Morgan fingerprint density at radius 3 is 2.77 bits per heavy atom. The lowest BCUT2D eigenvalue weighted by atomic mass is 10.1. The van der Waals surface area contributed by atoms with Crippen LogP contribution in [0.5, 0.6) is 0 Å². The second kappa shape index (κ2) is 9.66. The first-order valence-corrected chi connectivity index (χ1v) is 10.5. The van der Waals surface area contributed by atoms with E-state index in [4.69, 9.17) is 16.0 Å². The van der Waals surface area contributed by atoms with Crippen LogP contribution in [0, 0.1) is 0 Å². The van der Waals surface area contributed by atoms with Gasteiger partial charge in [-0.25, -0.2) is 4.98 Å². The Labute approximate surface area is 185 Å². The van der Waals surface area contributed by atoms with Crippen molar-refractivity contribution in [3.8, 4) is 11.3 Å². The molecule has 2 aromatic carbocycles. The molecule has 0 bridgehead atoms. The zero-order valence-electron chi connectivity index (χ0n) is 16.9. The van der Waals surface area contributed by atoms with E-state index in [1.165, 1.54) is 0 Å². The Bertz CT molecular complexity index is 1060. The molecule has 1 aliphatic rings. The minimum absolute atomic E-state index is 0.0348. The molecule has 2 N–H and O–H groups in total. The molecular weight excluding hydrogens is 416 g/mol. The Morgan fingerprint density at radius 2 is 2.00 bits per heavy atom. The van der Waals surface area contributed by atoms with E-state index >= 15 is 0 Å². The summed E-state index contributed by atoms with van der Waals surface area (Å²) in [4.78, 5) is 30.0. The third-order valence-corrected chi connectivity index (χ3v) is 5.42. The predicted octanol–water partition coefficient (Wildman–Crippen LogP) is 3.18. The Balaban J connectivity index is 1.24. The van der Waals surface area contributed by atoms with E-state index in [0.29, 0.717) is 42.7 Å². The van der Waals surface area contributed by atoms with Crippen LogP contribution in [0.1, 0.15) is 17.9 Å². The van der Waals surface area contributed by atoms with Gasteiger partial charge in [0, 0.05) is 43.7 Å². The number of aromatic nitrogens is 1. The van der Waals surface area contributed by atoms with Gasteiger partial charge in [-0.1, -0.05) is 35.9 Å². The van der Waals surface area contributed by atoms with E-state index in [-0.39, 0.29) is 18.2 Å². The van der Waals surface area contributed by atoms with Gasteiger partial charge in [-0.15, -0.1) is 0 Å². The molecule has 160 valence electrons. The number of hydrogen-bond acceptors (Lipinski definition) is 5. The van der Waals surface area contributed by atoms with E-state index in [2.05, 4.69) is 15.6 Å². The van der Waals surface area contributed by atoms with Gasteiger partial charge in [0.15, 0.2) is 11.7 Å². The van der Waals surface area contributed by atoms with Crippen LogP contribution in [0.2, 0.25) is 5.02 Å². The summed E-state index contributed by atoms with van der Waals surface area (Å²) in [5, 5.41) is 6.33. The largest absolute Gasteiger partial charge is 0.441 e. The van der Waals surface area contributed by atoms with E-state index < -0.39 is 0 Å². The SMILES string of the molecule is O=C(CCc1ncc(-c2ccccc2Cl)o1)NCc1ccc(N2CCNC(=O)C2)cc1. The number of anilines is 1. The topological polar surface area (TPSA) is 87.5 Å². The zero-order valence-corrected chi connectivity index (χ0v) is 17.7. The highest BCUT2D eigenvalue weighted by Crippen LogP contribution is 2.28. The average Bonchev–Trinajstić information content (AvgIpc) is 3.26. The quantitative estimate of drug-likeness (QED) is 0.591. The number of rotatable bonds is 7. The number of carbonyl (C=O) groups excluding carboxylic acids is 2. The summed E-state index contributed by atoms with van der Waals surface area (Å²) in [7, 11) is 0. The summed E-state index contributed by atoms with van der Waals surface area (Å²) in [5.41, 5.74) is 2.78. The van der Waals surface area contributed by atoms with Crippen molar-refractivity contribution in [3.05, 3.63) is 71.2 Å². The number of benzene rings is 2. The molecule has 1 saturated heterocycles. The minimum atomic E-state index is -0.0747. The van der Waals surface area contributed by atoms with E-state index in [0.717, 1.165) is 23.4 Å². The number of hydrogen-bond donors (Lipinski definition) is 2. The van der Waals surface area contributed by atoms with Crippen LogP contribution in [-0.2, 0) is 22.6 Å². The van der Waals surface area contributed by atoms with Gasteiger partial charge in [-0.3, -0.25) is 9.59 Å². The average molecular weight is 439 g/mol. The molecule has 8 heteroatoms. The molecule has 1 aliphatic heterocycles. The second-order valence-corrected chi connectivity index (χ2v) is 7.72. The fraction of sp³-hybridized carbons (Fsp3) is 0.261. The number of halogens is 1. The molecule has 0 unspecified atom stereocenters. The molecule has 1 fully saturated rings. The zero-order chi connectivity index (χ0) is 21.6. The van der Waals surface area contributed by atoms with Gasteiger partial charge in [0.25, 0.3) is 0 Å². The van der Waals surface area contributed by atoms with Crippen LogP contribution in [0.25, 0.3) is 11.3 Å². The number of nitrogens with one attached hydrogen (secondary N) is 2. The molecule has 0 spiro atoms.